The van der Waals surface area contributed by atoms with Gasteiger partial charge in [-0.2, -0.15) is 5.10 Å². The predicted molar refractivity (Wildman–Crippen MR) is 91.7 cm³/mol. The zero-order chi connectivity index (χ0) is 16.8. The third-order valence-electron chi connectivity index (χ3n) is 4.07. The quantitative estimate of drug-likeness (QED) is 0.733. The molecule has 0 spiro atoms. The average molecular weight is 324 g/mol. The van der Waals surface area contributed by atoms with E-state index in [9.17, 15) is 0 Å². The molecule has 124 valence electrons. The van der Waals surface area contributed by atoms with Crippen molar-refractivity contribution in [2.45, 2.75) is 33.4 Å². The van der Waals surface area contributed by atoms with Crippen LogP contribution in [0.15, 0.2) is 24.4 Å². The first-order chi connectivity index (χ1) is 11.5. The van der Waals surface area contributed by atoms with Crippen LogP contribution in [0.3, 0.4) is 0 Å². The SMILES string of the molecule is Cc1nc(-c2cn3c(n2)-c2cc(N)ccc2OCC3)n(C(C)C)n1. The maximum absolute atomic E-state index is 5.96. The van der Waals surface area contributed by atoms with Crippen LogP contribution in [0.5, 0.6) is 5.75 Å². The van der Waals surface area contributed by atoms with Crippen molar-refractivity contribution in [1.29, 1.82) is 0 Å². The molecule has 0 fully saturated rings. The maximum atomic E-state index is 5.96. The summed E-state index contributed by atoms with van der Waals surface area (Å²) in [6.07, 6.45) is 2.01. The van der Waals surface area contributed by atoms with Crippen LogP contribution >= 0.6 is 0 Å². The summed E-state index contributed by atoms with van der Waals surface area (Å²) in [4.78, 5) is 9.39. The third kappa shape index (κ3) is 2.33. The molecule has 2 N–H and O–H groups in total. The fraction of sp³-hybridized carbons (Fsp3) is 0.353. The minimum absolute atomic E-state index is 0.217. The molecule has 7 nitrogen and oxygen atoms in total. The van der Waals surface area contributed by atoms with Crippen LogP contribution in [0.4, 0.5) is 5.69 Å². The van der Waals surface area contributed by atoms with Gasteiger partial charge in [0.05, 0.1) is 12.1 Å². The predicted octanol–water partition coefficient (Wildman–Crippen LogP) is 2.67. The molecule has 0 saturated carbocycles. The van der Waals surface area contributed by atoms with Gasteiger partial charge in [0, 0.05) is 17.9 Å². The van der Waals surface area contributed by atoms with Crippen LogP contribution in [-0.2, 0) is 6.54 Å². The number of nitrogen functional groups attached to an aromatic ring is 1. The van der Waals surface area contributed by atoms with Gasteiger partial charge in [-0.1, -0.05) is 0 Å². The monoisotopic (exact) mass is 324 g/mol. The molecular weight excluding hydrogens is 304 g/mol. The van der Waals surface area contributed by atoms with E-state index in [4.69, 9.17) is 15.5 Å². The highest BCUT2D eigenvalue weighted by Gasteiger charge is 2.22. The molecule has 0 saturated heterocycles. The van der Waals surface area contributed by atoms with Crippen LogP contribution in [-0.4, -0.2) is 30.9 Å². The van der Waals surface area contributed by atoms with E-state index in [1.165, 1.54) is 0 Å². The first-order valence-corrected chi connectivity index (χ1v) is 8.06. The van der Waals surface area contributed by atoms with Crippen molar-refractivity contribution in [2.75, 3.05) is 12.3 Å². The Labute approximate surface area is 140 Å². The fourth-order valence-electron chi connectivity index (χ4n) is 2.98. The summed E-state index contributed by atoms with van der Waals surface area (Å²) in [6.45, 7) is 7.39. The van der Waals surface area contributed by atoms with E-state index in [2.05, 4.69) is 28.5 Å². The number of nitrogens with zero attached hydrogens (tertiary/aromatic N) is 5. The Morgan fingerprint density at radius 2 is 2.04 bits per heavy atom. The molecule has 0 bridgehead atoms. The first-order valence-electron chi connectivity index (χ1n) is 8.06. The number of hydrogen-bond acceptors (Lipinski definition) is 5. The number of rotatable bonds is 2. The van der Waals surface area contributed by atoms with Crippen LogP contribution in [0, 0.1) is 6.92 Å². The van der Waals surface area contributed by atoms with Crippen molar-refractivity contribution < 1.29 is 4.74 Å². The van der Waals surface area contributed by atoms with Gasteiger partial charge in [-0.15, -0.1) is 0 Å². The van der Waals surface area contributed by atoms with Crippen molar-refractivity contribution in [2.24, 2.45) is 0 Å². The Balaban J connectivity index is 1.88. The number of nitrogens with two attached hydrogens (primary N) is 1. The molecule has 1 aliphatic rings. The topological polar surface area (TPSA) is 83.8 Å². The molecule has 0 amide bonds. The molecule has 24 heavy (non-hydrogen) atoms. The number of benzene rings is 1. The zero-order valence-electron chi connectivity index (χ0n) is 14.0. The van der Waals surface area contributed by atoms with E-state index in [-0.39, 0.29) is 6.04 Å². The van der Waals surface area contributed by atoms with E-state index < -0.39 is 0 Å². The van der Waals surface area contributed by atoms with Crippen LogP contribution in [0.2, 0.25) is 0 Å². The summed E-state index contributed by atoms with van der Waals surface area (Å²) in [5, 5.41) is 4.48. The lowest BCUT2D eigenvalue weighted by Crippen LogP contribution is -2.06. The molecule has 1 aliphatic heterocycles. The molecule has 2 aromatic heterocycles. The van der Waals surface area contributed by atoms with Crippen molar-refractivity contribution in [3.8, 4) is 28.7 Å². The van der Waals surface area contributed by atoms with Gasteiger partial charge in [-0.05, 0) is 39.0 Å². The van der Waals surface area contributed by atoms with E-state index >= 15 is 0 Å². The standard InChI is InChI=1S/C17H20N6O/c1-10(2)23-17(19-11(3)21-23)14-9-22-6-7-24-15-5-4-12(18)8-13(15)16(22)20-14/h4-5,8-10H,6-7,18H2,1-3H3. The number of ether oxygens (including phenoxy) is 1. The Morgan fingerprint density at radius 1 is 1.21 bits per heavy atom. The highest BCUT2D eigenvalue weighted by molar-refractivity contribution is 5.71. The van der Waals surface area contributed by atoms with Gasteiger partial charge < -0.3 is 15.0 Å². The molecular formula is C17H20N6O. The van der Waals surface area contributed by atoms with Gasteiger partial charge in [0.1, 0.15) is 29.7 Å². The minimum atomic E-state index is 0.217. The van der Waals surface area contributed by atoms with E-state index in [0.717, 1.165) is 41.0 Å². The summed E-state index contributed by atoms with van der Waals surface area (Å²) in [6, 6.07) is 5.86. The Hall–Kier alpha value is -2.83. The second-order valence-corrected chi connectivity index (χ2v) is 6.27. The molecule has 0 atom stereocenters. The number of aromatic nitrogens is 5. The molecule has 3 heterocycles. The Morgan fingerprint density at radius 3 is 2.83 bits per heavy atom. The number of fused-ring (bicyclic) bond motifs is 3. The van der Waals surface area contributed by atoms with Crippen LogP contribution in [0.25, 0.3) is 22.9 Å². The minimum Gasteiger partial charge on any atom is -0.491 e. The lowest BCUT2D eigenvalue weighted by atomic mass is 10.1. The van der Waals surface area contributed by atoms with Crippen LogP contribution < -0.4 is 10.5 Å². The number of hydrogen-bond donors (Lipinski definition) is 1. The molecule has 3 aromatic rings. The van der Waals surface area contributed by atoms with Gasteiger partial charge in [0.25, 0.3) is 0 Å². The highest BCUT2D eigenvalue weighted by atomic mass is 16.5. The molecule has 1 aromatic carbocycles. The molecule has 0 aliphatic carbocycles. The lowest BCUT2D eigenvalue weighted by molar-refractivity contribution is 0.306. The van der Waals surface area contributed by atoms with Crippen molar-refractivity contribution in [3.05, 3.63) is 30.2 Å². The van der Waals surface area contributed by atoms with Crippen molar-refractivity contribution in [1.82, 2.24) is 24.3 Å². The lowest BCUT2D eigenvalue weighted by Gasteiger charge is -2.08. The maximum Gasteiger partial charge on any atom is 0.178 e. The summed E-state index contributed by atoms with van der Waals surface area (Å²) >= 11 is 0. The Bertz CT molecular complexity index is 908. The van der Waals surface area contributed by atoms with E-state index in [0.29, 0.717) is 12.3 Å². The summed E-state index contributed by atoms with van der Waals surface area (Å²) in [5.41, 5.74) is 8.37. The van der Waals surface area contributed by atoms with Crippen molar-refractivity contribution >= 4 is 5.69 Å². The number of imidazole rings is 1. The molecule has 7 heteroatoms. The normalized spacial score (nSPS) is 13.3. The van der Waals surface area contributed by atoms with Crippen molar-refractivity contribution in [3.63, 3.8) is 0 Å². The first kappa shape index (κ1) is 14.7. The number of aryl methyl sites for hydroxylation is 1. The number of anilines is 1. The smallest absolute Gasteiger partial charge is 0.178 e. The van der Waals surface area contributed by atoms with Gasteiger partial charge in [-0.3, -0.25) is 0 Å². The second kappa shape index (κ2) is 5.36. The van der Waals surface area contributed by atoms with Gasteiger partial charge in [-0.25, -0.2) is 14.6 Å². The van der Waals surface area contributed by atoms with Gasteiger partial charge >= 0.3 is 0 Å². The summed E-state index contributed by atoms with van der Waals surface area (Å²) < 4.78 is 9.81. The summed E-state index contributed by atoms with van der Waals surface area (Å²) in [7, 11) is 0. The Kier molecular flexibility index (Phi) is 3.30. The average Bonchev–Trinajstić information content (AvgIpc) is 3.08. The fourth-order valence-corrected chi connectivity index (χ4v) is 2.98. The van der Waals surface area contributed by atoms with Gasteiger partial charge in [0.2, 0.25) is 0 Å². The molecule has 0 unspecified atom stereocenters. The zero-order valence-corrected chi connectivity index (χ0v) is 14.0. The van der Waals surface area contributed by atoms with Gasteiger partial charge in [0.15, 0.2) is 5.82 Å². The van der Waals surface area contributed by atoms with Crippen LogP contribution in [0.1, 0.15) is 25.7 Å². The largest absolute Gasteiger partial charge is 0.491 e. The highest BCUT2D eigenvalue weighted by Crippen LogP contribution is 2.35. The summed E-state index contributed by atoms with van der Waals surface area (Å²) in [5.74, 6) is 3.19. The second-order valence-electron chi connectivity index (χ2n) is 6.27. The van der Waals surface area contributed by atoms with E-state index in [1.54, 1.807) is 0 Å². The molecule has 0 radical (unpaired) electrons. The third-order valence-corrected chi connectivity index (χ3v) is 4.07. The van der Waals surface area contributed by atoms with E-state index in [1.807, 2.05) is 36.0 Å². The molecule has 4 rings (SSSR count).